The van der Waals surface area contributed by atoms with E-state index in [-0.39, 0.29) is 11.8 Å². The van der Waals surface area contributed by atoms with Crippen molar-refractivity contribution in [2.45, 2.75) is 19.3 Å². The Balaban J connectivity index is 1.52. The number of hydrogen-bond acceptors (Lipinski definition) is 3. The van der Waals surface area contributed by atoms with Crippen molar-refractivity contribution in [3.63, 3.8) is 0 Å². The van der Waals surface area contributed by atoms with Gasteiger partial charge >= 0.3 is 0 Å². The van der Waals surface area contributed by atoms with E-state index >= 15 is 0 Å². The second-order valence-electron chi connectivity index (χ2n) is 7.13. The van der Waals surface area contributed by atoms with E-state index in [0.29, 0.717) is 24.2 Å². The molecule has 0 aliphatic carbocycles. The largest absolute Gasteiger partial charge is 0.351 e. The van der Waals surface area contributed by atoms with Gasteiger partial charge in [0.25, 0.3) is 5.91 Å². The number of amides is 2. The lowest BCUT2D eigenvalue weighted by molar-refractivity contribution is -0.129. The molecule has 2 aromatic carbocycles. The fourth-order valence-electron chi connectivity index (χ4n) is 3.57. The van der Waals surface area contributed by atoms with Gasteiger partial charge < -0.3 is 10.2 Å². The van der Waals surface area contributed by atoms with Crippen molar-refractivity contribution in [3.05, 3.63) is 72.4 Å². The smallest absolute Gasteiger partial charge is 0.255 e. The molecular weight excluding hydrogens is 364 g/mol. The van der Waals surface area contributed by atoms with Crippen molar-refractivity contribution in [2.75, 3.05) is 19.6 Å². The third-order valence-corrected chi connectivity index (χ3v) is 5.11. The molecule has 6 nitrogen and oxygen atoms in total. The fraction of sp³-hybridized carbons (Fsp3) is 0.261. The summed E-state index contributed by atoms with van der Waals surface area (Å²) in [4.78, 5) is 27.0. The lowest BCUT2D eigenvalue weighted by Crippen LogP contribution is -2.32. The van der Waals surface area contributed by atoms with Crippen molar-refractivity contribution in [3.8, 4) is 16.9 Å². The van der Waals surface area contributed by atoms with Crippen LogP contribution in [0.25, 0.3) is 16.9 Å². The summed E-state index contributed by atoms with van der Waals surface area (Å²) in [5.41, 5.74) is 2.87. The molecule has 1 aromatic heterocycles. The Labute approximate surface area is 170 Å². The molecule has 6 heteroatoms. The molecule has 1 saturated heterocycles. The molecule has 0 spiro atoms. The van der Waals surface area contributed by atoms with Crippen LogP contribution in [-0.4, -0.2) is 46.1 Å². The van der Waals surface area contributed by atoms with Gasteiger partial charge in [0.05, 0.1) is 11.3 Å². The Morgan fingerprint density at radius 3 is 2.28 bits per heavy atom. The molecule has 0 radical (unpaired) electrons. The van der Waals surface area contributed by atoms with Crippen LogP contribution in [0.15, 0.2) is 66.9 Å². The number of hydrogen-bond donors (Lipinski definition) is 1. The average Bonchev–Trinajstić information content (AvgIpc) is 3.45. The van der Waals surface area contributed by atoms with Gasteiger partial charge in [-0.3, -0.25) is 9.59 Å². The van der Waals surface area contributed by atoms with Gasteiger partial charge in [-0.2, -0.15) is 5.10 Å². The molecule has 1 aliphatic heterocycles. The van der Waals surface area contributed by atoms with Crippen LogP contribution in [-0.2, 0) is 4.79 Å². The van der Waals surface area contributed by atoms with E-state index in [9.17, 15) is 9.59 Å². The minimum Gasteiger partial charge on any atom is -0.351 e. The minimum absolute atomic E-state index is 0.103. The molecule has 4 rings (SSSR count). The molecular formula is C23H24N4O2. The number of carbonyl (C=O) groups is 2. The zero-order chi connectivity index (χ0) is 20.1. The predicted octanol–water partition coefficient (Wildman–Crippen LogP) is 3.28. The molecule has 3 aromatic rings. The van der Waals surface area contributed by atoms with Crippen LogP contribution in [0.3, 0.4) is 0 Å². The topological polar surface area (TPSA) is 67.2 Å². The number of rotatable bonds is 6. The standard InChI is InChI=1S/C23H24N4O2/c28-21(26-15-7-8-16-26)13-14-24-23(29)20-17-27(19-11-5-2-6-12-19)25-22(20)18-9-3-1-4-10-18/h1-6,9-12,17H,7-8,13-16H2,(H,24,29). The van der Waals surface area contributed by atoms with Crippen molar-refractivity contribution in [1.82, 2.24) is 20.0 Å². The number of para-hydroxylation sites is 1. The third kappa shape index (κ3) is 4.37. The van der Waals surface area contributed by atoms with E-state index < -0.39 is 0 Å². The predicted molar refractivity (Wildman–Crippen MR) is 112 cm³/mol. The maximum absolute atomic E-state index is 12.9. The molecule has 148 valence electrons. The molecule has 0 atom stereocenters. The van der Waals surface area contributed by atoms with E-state index in [0.717, 1.165) is 37.2 Å². The Hall–Kier alpha value is -3.41. The van der Waals surface area contributed by atoms with Crippen LogP contribution < -0.4 is 5.32 Å². The van der Waals surface area contributed by atoms with Crippen LogP contribution in [0.2, 0.25) is 0 Å². The van der Waals surface area contributed by atoms with Crippen molar-refractivity contribution in [1.29, 1.82) is 0 Å². The van der Waals surface area contributed by atoms with Gasteiger partial charge in [-0.15, -0.1) is 0 Å². The highest BCUT2D eigenvalue weighted by molar-refractivity contribution is 6.00. The molecule has 2 heterocycles. The van der Waals surface area contributed by atoms with Gasteiger partial charge in [0.15, 0.2) is 0 Å². The first-order valence-corrected chi connectivity index (χ1v) is 9.99. The van der Waals surface area contributed by atoms with Gasteiger partial charge in [0.2, 0.25) is 5.91 Å². The summed E-state index contributed by atoms with van der Waals surface area (Å²) in [5.74, 6) is -0.119. The summed E-state index contributed by atoms with van der Waals surface area (Å²) in [6.45, 7) is 1.97. The van der Waals surface area contributed by atoms with Gasteiger partial charge in [-0.25, -0.2) is 4.68 Å². The van der Waals surface area contributed by atoms with E-state index in [1.165, 1.54) is 0 Å². The van der Waals surface area contributed by atoms with E-state index in [1.54, 1.807) is 10.9 Å². The highest BCUT2D eigenvalue weighted by Gasteiger charge is 2.20. The van der Waals surface area contributed by atoms with Crippen LogP contribution in [0.1, 0.15) is 29.6 Å². The van der Waals surface area contributed by atoms with E-state index in [1.807, 2.05) is 65.6 Å². The second-order valence-corrected chi connectivity index (χ2v) is 7.13. The summed E-state index contributed by atoms with van der Waals surface area (Å²) in [6.07, 6.45) is 4.20. The Morgan fingerprint density at radius 2 is 1.59 bits per heavy atom. The summed E-state index contributed by atoms with van der Waals surface area (Å²) in [6, 6.07) is 19.3. The highest BCUT2D eigenvalue weighted by atomic mass is 16.2. The molecule has 1 N–H and O–H groups in total. The van der Waals surface area contributed by atoms with Crippen molar-refractivity contribution >= 4 is 11.8 Å². The zero-order valence-corrected chi connectivity index (χ0v) is 16.3. The molecule has 0 unspecified atom stereocenters. The van der Waals surface area contributed by atoms with Crippen LogP contribution in [0.4, 0.5) is 0 Å². The van der Waals surface area contributed by atoms with E-state index in [2.05, 4.69) is 10.4 Å². The van der Waals surface area contributed by atoms with Crippen LogP contribution in [0, 0.1) is 0 Å². The molecule has 2 amide bonds. The Kier molecular flexibility index (Phi) is 5.70. The molecule has 0 saturated carbocycles. The lowest BCUT2D eigenvalue weighted by atomic mass is 10.1. The number of aromatic nitrogens is 2. The van der Waals surface area contributed by atoms with Gasteiger partial charge in [-0.1, -0.05) is 48.5 Å². The van der Waals surface area contributed by atoms with Gasteiger partial charge in [0, 0.05) is 37.8 Å². The van der Waals surface area contributed by atoms with Gasteiger partial charge in [-0.05, 0) is 25.0 Å². The Morgan fingerprint density at radius 1 is 0.931 bits per heavy atom. The highest BCUT2D eigenvalue weighted by Crippen LogP contribution is 2.23. The SMILES string of the molecule is O=C(NCCC(=O)N1CCCC1)c1cn(-c2ccccc2)nc1-c1ccccc1. The first kappa shape index (κ1) is 18.9. The Bertz CT molecular complexity index is 977. The van der Waals surface area contributed by atoms with Crippen molar-refractivity contribution < 1.29 is 9.59 Å². The average molecular weight is 388 g/mol. The quantitative estimate of drug-likeness (QED) is 0.705. The minimum atomic E-state index is -0.222. The second kappa shape index (κ2) is 8.73. The van der Waals surface area contributed by atoms with E-state index in [4.69, 9.17) is 0 Å². The maximum atomic E-state index is 12.9. The zero-order valence-electron chi connectivity index (χ0n) is 16.3. The summed E-state index contributed by atoms with van der Waals surface area (Å²) in [7, 11) is 0. The number of nitrogens with zero attached hydrogens (tertiary/aromatic N) is 3. The number of benzene rings is 2. The van der Waals surface area contributed by atoms with Crippen LogP contribution in [0.5, 0.6) is 0 Å². The first-order valence-electron chi connectivity index (χ1n) is 9.99. The molecule has 0 bridgehead atoms. The summed E-state index contributed by atoms with van der Waals surface area (Å²) < 4.78 is 1.71. The van der Waals surface area contributed by atoms with Crippen LogP contribution >= 0.6 is 0 Å². The first-order chi connectivity index (χ1) is 14.2. The number of likely N-dealkylation sites (tertiary alicyclic amines) is 1. The molecule has 29 heavy (non-hydrogen) atoms. The monoisotopic (exact) mass is 388 g/mol. The third-order valence-electron chi connectivity index (χ3n) is 5.11. The molecule has 1 aliphatic rings. The molecule has 1 fully saturated rings. The van der Waals surface area contributed by atoms with Crippen molar-refractivity contribution in [2.24, 2.45) is 0 Å². The summed E-state index contributed by atoms with van der Waals surface area (Å²) in [5, 5.41) is 7.55. The normalized spacial score (nSPS) is 13.4. The van der Waals surface area contributed by atoms with Gasteiger partial charge in [0.1, 0.15) is 5.69 Å². The lowest BCUT2D eigenvalue weighted by Gasteiger charge is -2.15. The fourth-order valence-corrected chi connectivity index (χ4v) is 3.57. The number of nitrogens with one attached hydrogen (secondary N) is 1. The number of carbonyl (C=O) groups excluding carboxylic acids is 2. The summed E-state index contributed by atoms with van der Waals surface area (Å²) >= 11 is 0. The maximum Gasteiger partial charge on any atom is 0.255 e.